The van der Waals surface area contributed by atoms with Crippen LogP contribution in [-0.4, -0.2) is 62.8 Å². The summed E-state index contributed by atoms with van der Waals surface area (Å²) in [6.07, 6.45) is -3.58. The van der Waals surface area contributed by atoms with Gasteiger partial charge in [-0.15, -0.1) is 0 Å². The molecule has 1 aromatic heterocycles. The molecule has 2 N–H and O–H groups in total. The van der Waals surface area contributed by atoms with E-state index in [1.54, 1.807) is 0 Å². The number of carboxylic acid groups (broad SMARTS) is 1. The van der Waals surface area contributed by atoms with Gasteiger partial charge in [0.2, 0.25) is 0 Å². The number of likely N-dealkylation sites (N-methyl/N-ethyl adjacent to an activating group) is 1. The Kier molecular flexibility index (Phi) is 5.50. The van der Waals surface area contributed by atoms with Crippen molar-refractivity contribution in [2.45, 2.75) is 25.0 Å². The summed E-state index contributed by atoms with van der Waals surface area (Å²) < 4.78 is 25.4. The quantitative estimate of drug-likeness (QED) is 0.826. The molecule has 0 saturated carbocycles. The maximum Gasteiger partial charge on any atom is 0.408 e. The number of amides is 2. The van der Waals surface area contributed by atoms with E-state index in [0.29, 0.717) is 11.3 Å². The monoisotopic (exact) mass is 392 g/mol. The van der Waals surface area contributed by atoms with E-state index < -0.39 is 30.6 Å². The Morgan fingerprint density at radius 1 is 1.25 bits per heavy atom. The fourth-order valence-corrected chi connectivity index (χ4v) is 3.09. The zero-order valence-corrected chi connectivity index (χ0v) is 14.9. The maximum absolute atomic E-state index is 12.8. The predicted octanol–water partition coefficient (Wildman–Crippen LogP) is 2.16. The van der Waals surface area contributed by atoms with E-state index in [9.17, 15) is 28.6 Å². The molecule has 0 spiro atoms. The summed E-state index contributed by atoms with van der Waals surface area (Å²) >= 11 is 0. The molecule has 8 nitrogen and oxygen atoms in total. The minimum absolute atomic E-state index is 0.0618. The van der Waals surface area contributed by atoms with Crippen LogP contribution in [0.25, 0.3) is 11.3 Å². The standard InChI is InChI=1S/C18H18F2N4O4/c1-23(17(26)15-13(25)6-7-24(15)18(27)28)14-8-12(21-9-22-14)10-2-4-11(5-3-10)16(19)20/h2-5,8-9,13,15-16,25H,6-7H2,1H3,(H,27,28)/t13-,15+/m1/s1. The number of aliphatic hydroxyl groups excluding tert-OH is 1. The summed E-state index contributed by atoms with van der Waals surface area (Å²) in [4.78, 5) is 34.2. The molecule has 0 radical (unpaired) electrons. The smallest absolute Gasteiger partial charge is 0.408 e. The number of carbonyl (C=O) groups excluding carboxylic acids is 1. The SMILES string of the molecule is CN(C(=O)[C@@H]1[C@H](O)CCN1C(=O)O)c1cc(-c2ccc(C(F)F)cc2)ncn1. The highest BCUT2D eigenvalue weighted by Crippen LogP contribution is 2.26. The van der Waals surface area contributed by atoms with E-state index in [4.69, 9.17) is 0 Å². The lowest BCUT2D eigenvalue weighted by molar-refractivity contribution is -0.124. The molecule has 0 aliphatic carbocycles. The van der Waals surface area contributed by atoms with E-state index in [0.717, 1.165) is 9.80 Å². The zero-order chi connectivity index (χ0) is 20.4. The van der Waals surface area contributed by atoms with Gasteiger partial charge in [0.15, 0.2) is 0 Å². The van der Waals surface area contributed by atoms with Gasteiger partial charge in [-0.2, -0.15) is 0 Å². The second-order valence-corrected chi connectivity index (χ2v) is 6.36. The third kappa shape index (κ3) is 3.77. The molecular formula is C18H18F2N4O4. The summed E-state index contributed by atoms with van der Waals surface area (Å²) in [6, 6.07) is 5.82. The fourth-order valence-electron chi connectivity index (χ4n) is 3.09. The molecule has 1 aromatic carbocycles. The molecule has 2 heterocycles. The highest BCUT2D eigenvalue weighted by atomic mass is 19.3. The Hall–Kier alpha value is -3.14. The summed E-state index contributed by atoms with van der Waals surface area (Å²) in [5, 5.41) is 19.3. The highest BCUT2D eigenvalue weighted by Gasteiger charge is 2.42. The third-order valence-electron chi connectivity index (χ3n) is 4.65. The Labute approximate surface area is 159 Å². The van der Waals surface area contributed by atoms with Crippen molar-refractivity contribution in [3.05, 3.63) is 42.2 Å². The minimum atomic E-state index is -2.58. The average molecular weight is 392 g/mol. The molecule has 1 aliphatic rings. The van der Waals surface area contributed by atoms with Gasteiger partial charge in [-0.3, -0.25) is 14.6 Å². The van der Waals surface area contributed by atoms with Crippen LogP contribution in [0.4, 0.5) is 19.4 Å². The van der Waals surface area contributed by atoms with Crippen molar-refractivity contribution in [2.75, 3.05) is 18.5 Å². The van der Waals surface area contributed by atoms with Crippen molar-refractivity contribution in [3.63, 3.8) is 0 Å². The lowest BCUT2D eigenvalue weighted by Gasteiger charge is -2.27. The first kappa shape index (κ1) is 19.6. The van der Waals surface area contributed by atoms with Crippen molar-refractivity contribution < 1.29 is 28.6 Å². The zero-order valence-electron chi connectivity index (χ0n) is 14.9. The Balaban J connectivity index is 1.84. The van der Waals surface area contributed by atoms with Gasteiger partial charge in [-0.25, -0.2) is 23.5 Å². The van der Waals surface area contributed by atoms with Crippen LogP contribution in [0.3, 0.4) is 0 Å². The summed E-state index contributed by atoms with van der Waals surface area (Å²) in [5.41, 5.74) is 0.851. The van der Waals surface area contributed by atoms with Crippen molar-refractivity contribution in [3.8, 4) is 11.3 Å². The first-order valence-electron chi connectivity index (χ1n) is 8.45. The van der Waals surface area contributed by atoms with Gasteiger partial charge < -0.3 is 10.2 Å². The number of aromatic nitrogens is 2. The van der Waals surface area contributed by atoms with Gasteiger partial charge in [0, 0.05) is 30.8 Å². The normalized spacial score (nSPS) is 19.1. The second kappa shape index (κ2) is 7.85. The molecule has 0 bridgehead atoms. The number of alkyl halides is 2. The fraction of sp³-hybridized carbons (Fsp3) is 0.333. The number of carbonyl (C=O) groups is 2. The Morgan fingerprint density at radius 2 is 1.93 bits per heavy atom. The van der Waals surface area contributed by atoms with Crippen LogP contribution in [-0.2, 0) is 4.79 Å². The Morgan fingerprint density at radius 3 is 2.54 bits per heavy atom. The van der Waals surface area contributed by atoms with E-state index in [2.05, 4.69) is 9.97 Å². The minimum Gasteiger partial charge on any atom is -0.465 e. The van der Waals surface area contributed by atoms with Gasteiger partial charge >= 0.3 is 6.09 Å². The third-order valence-corrected chi connectivity index (χ3v) is 4.65. The van der Waals surface area contributed by atoms with E-state index in [1.807, 2.05) is 0 Å². The lowest BCUT2D eigenvalue weighted by Crippen LogP contribution is -2.50. The van der Waals surface area contributed by atoms with E-state index in [1.165, 1.54) is 43.7 Å². The molecule has 2 amide bonds. The molecule has 2 atom stereocenters. The molecule has 1 fully saturated rings. The van der Waals surface area contributed by atoms with Crippen molar-refractivity contribution in [2.24, 2.45) is 0 Å². The molecule has 2 aromatic rings. The predicted molar refractivity (Wildman–Crippen MR) is 95.0 cm³/mol. The number of aliphatic hydroxyl groups is 1. The summed E-state index contributed by atoms with van der Waals surface area (Å²) in [6.45, 7) is 0.0618. The van der Waals surface area contributed by atoms with Crippen LogP contribution in [0.5, 0.6) is 0 Å². The first-order chi connectivity index (χ1) is 13.3. The molecule has 10 heteroatoms. The number of nitrogens with zero attached hydrogens (tertiary/aromatic N) is 4. The molecule has 148 valence electrons. The van der Waals surface area contributed by atoms with Crippen LogP contribution in [0, 0.1) is 0 Å². The second-order valence-electron chi connectivity index (χ2n) is 6.36. The van der Waals surface area contributed by atoms with Crippen molar-refractivity contribution in [1.29, 1.82) is 0 Å². The molecule has 28 heavy (non-hydrogen) atoms. The molecule has 3 rings (SSSR count). The molecule has 1 aliphatic heterocycles. The van der Waals surface area contributed by atoms with Gasteiger partial charge in [0.05, 0.1) is 11.8 Å². The number of hydrogen-bond acceptors (Lipinski definition) is 5. The number of hydrogen-bond donors (Lipinski definition) is 2. The largest absolute Gasteiger partial charge is 0.465 e. The number of benzene rings is 1. The van der Waals surface area contributed by atoms with Crippen molar-refractivity contribution >= 4 is 17.8 Å². The van der Waals surface area contributed by atoms with Crippen LogP contribution in [0.2, 0.25) is 0 Å². The molecule has 1 saturated heterocycles. The maximum atomic E-state index is 12.8. The molecule has 0 unspecified atom stereocenters. The van der Waals surface area contributed by atoms with Gasteiger partial charge in [-0.05, 0) is 6.42 Å². The van der Waals surface area contributed by atoms with Crippen molar-refractivity contribution in [1.82, 2.24) is 14.9 Å². The highest BCUT2D eigenvalue weighted by molar-refractivity contribution is 5.98. The number of anilines is 1. The number of rotatable bonds is 4. The van der Waals surface area contributed by atoms with Gasteiger partial charge in [0.1, 0.15) is 18.2 Å². The summed E-state index contributed by atoms with van der Waals surface area (Å²) in [7, 11) is 1.42. The van der Waals surface area contributed by atoms with E-state index in [-0.39, 0.29) is 24.3 Å². The van der Waals surface area contributed by atoms with Crippen LogP contribution < -0.4 is 4.90 Å². The Bertz CT molecular complexity index is 878. The van der Waals surface area contributed by atoms with Crippen LogP contribution >= 0.6 is 0 Å². The van der Waals surface area contributed by atoms with E-state index >= 15 is 0 Å². The number of likely N-dealkylation sites (tertiary alicyclic amines) is 1. The first-order valence-corrected chi connectivity index (χ1v) is 8.45. The summed E-state index contributed by atoms with van der Waals surface area (Å²) in [5.74, 6) is -0.428. The van der Waals surface area contributed by atoms with Gasteiger partial charge in [-0.1, -0.05) is 24.3 Å². The average Bonchev–Trinajstić information content (AvgIpc) is 3.08. The van der Waals surface area contributed by atoms with Crippen LogP contribution in [0.15, 0.2) is 36.7 Å². The topological polar surface area (TPSA) is 107 Å². The lowest BCUT2D eigenvalue weighted by atomic mass is 10.1. The van der Waals surface area contributed by atoms with Gasteiger partial charge in [0.25, 0.3) is 12.3 Å². The molecular weight excluding hydrogens is 374 g/mol. The number of halogens is 2. The van der Waals surface area contributed by atoms with Crippen LogP contribution in [0.1, 0.15) is 18.4 Å².